The first-order valence-electron chi connectivity index (χ1n) is 10.0. The van der Waals surface area contributed by atoms with E-state index in [1.54, 1.807) is 0 Å². The zero-order valence-electron chi connectivity index (χ0n) is 15.9. The highest BCUT2D eigenvalue weighted by Gasteiger charge is 2.10. The molecule has 0 saturated heterocycles. The second-order valence-electron chi connectivity index (χ2n) is 6.66. The topological polar surface area (TPSA) is 36.3 Å². The molecule has 0 fully saturated rings. The molecule has 1 heterocycles. The molecule has 0 spiro atoms. The van der Waals surface area contributed by atoms with Gasteiger partial charge in [0.05, 0.1) is 25.6 Å². The lowest BCUT2D eigenvalue weighted by atomic mass is 10.1. The maximum Gasteiger partial charge on any atom is 0.0987 e. The van der Waals surface area contributed by atoms with Gasteiger partial charge in [-0.15, -0.1) is 0 Å². The van der Waals surface area contributed by atoms with E-state index in [1.165, 1.54) is 51.4 Å². The second kappa shape index (κ2) is 15.6. The van der Waals surface area contributed by atoms with Gasteiger partial charge in [0.25, 0.3) is 0 Å². The summed E-state index contributed by atoms with van der Waals surface area (Å²) >= 11 is 0. The summed E-state index contributed by atoms with van der Waals surface area (Å²) in [5.74, 6) is 0. The fourth-order valence-corrected chi connectivity index (χ4v) is 2.76. The van der Waals surface area contributed by atoms with E-state index in [9.17, 15) is 0 Å². The summed E-state index contributed by atoms with van der Waals surface area (Å²) in [7, 11) is 0. The quantitative estimate of drug-likeness (QED) is 0.365. The maximum atomic E-state index is 6.08. The summed E-state index contributed by atoms with van der Waals surface area (Å²) in [4.78, 5) is 4.11. The normalized spacial score (nSPS) is 12.6. The van der Waals surface area contributed by atoms with E-state index in [0.717, 1.165) is 32.6 Å². The van der Waals surface area contributed by atoms with Gasteiger partial charge in [-0.2, -0.15) is 0 Å². The van der Waals surface area contributed by atoms with Crippen LogP contribution in [0.3, 0.4) is 0 Å². The molecule has 0 N–H and O–H groups in total. The van der Waals surface area contributed by atoms with Crippen LogP contribution >= 0.6 is 0 Å². The molecular weight excluding hydrogens is 300 g/mol. The number of ether oxygens (including phenoxy) is 2. The van der Waals surface area contributed by atoms with Crippen molar-refractivity contribution in [1.82, 2.24) is 9.55 Å². The Morgan fingerprint density at radius 2 is 1.54 bits per heavy atom. The summed E-state index contributed by atoms with van der Waals surface area (Å²) in [6.07, 6.45) is 18.5. The Hall–Kier alpha value is -0.870. The molecule has 1 unspecified atom stereocenters. The number of imidazole rings is 1. The SMILES string of the molecule is CCCCCCCCOC(COCCCCCC)Cn1ccnc1. The Labute approximate surface area is 149 Å². The number of hydrogen-bond donors (Lipinski definition) is 0. The summed E-state index contributed by atoms with van der Waals surface area (Å²) in [6.45, 7) is 7.68. The summed E-state index contributed by atoms with van der Waals surface area (Å²) in [5.41, 5.74) is 0. The van der Waals surface area contributed by atoms with Gasteiger partial charge in [-0.3, -0.25) is 0 Å². The predicted octanol–water partition coefficient (Wildman–Crippen LogP) is 5.23. The Morgan fingerprint density at radius 3 is 2.25 bits per heavy atom. The molecule has 0 aliphatic carbocycles. The molecule has 0 aliphatic rings. The summed E-state index contributed by atoms with van der Waals surface area (Å²) in [5, 5.41) is 0. The van der Waals surface area contributed by atoms with Crippen LogP contribution in [0.4, 0.5) is 0 Å². The van der Waals surface area contributed by atoms with Crippen molar-refractivity contribution >= 4 is 0 Å². The fourth-order valence-electron chi connectivity index (χ4n) is 2.76. The van der Waals surface area contributed by atoms with Gasteiger partial charge in [0.1, 0.15) is 0 Å². The van der Waals surface area contributed by atoms with Crippen molar-refractivity contribution in [2.45, 2.75) is 90.7 Å². The van der Waals surface area contributed by atoms with Crippen molar-refractivity contribution in [3.05, 3.63) is 18.7 Å². The van der Waals surface area contributed by atoms with E-state index in [-0.39, 0.29) is 6.10 Å². The van der Waals surface area contributed by atoms with Crippen LogP contribution < -0.4 is 0 Å². The Balaban J connectivity index is 2.15. The lowest BCUT2D eigenvalue weighted by Crippen LogP contribution is -2.26. The molecule has 1 aromatic rings. The van der Waals surface area contributed by atoms with Gasteiger partial charge >= 0.3 is 0 Å². The van der Waals surface area contributed by atoms with Crippen molar-refractivity contribution < 1.29 is 9.47 Å². The Morgan fingerprint density at radius 1 is 0.875 bits per heavy atom. The van der Waals surface area contributed by atoms with Gasteiger partial charge in [0.15, 0.2) is 0 Å². The molecule has 0 radical (unpaired) electrons. The predicted molar refractivity (Wildman–Crippen MR) is 100 cm³/mol. The zero-order valence-corrected chi connectivity index (χ0v) is 15.9. The zero-order chi connectivity index (χ0) is 17.3. The van der Waals surface area contributed by atoms with E-state index in [0.29, 0.717) is 6.61 Å². The van der Waals surface area contributed by atoms with Gasteiger partial charge in [-0.05, 0) is 12.8 Å². The van der Waals surface area contributed by atoms with Crippen LogP contribution in [0.25, 0.3) is 0 Å². The molecule has 4 heteroatoms. The third-order valence-corrected chi connectivity index (χ3v) is 4.27. The third-order valence-electron chi connectivity index (χ3n) is 4.27. The molecule has 0 saturated carbocycles. The van der Waals surface area contributed by atoms with Gasteiger partial charge in [0, 0.05) is 25.6 Å². The number of unbranched alkanes of at least 4 members (excludes halogenated alkanes) is 8. The van der Waals surface area contributed by atoms with E-state index in [4.69, 9.17) is 9.47 Å². The molecule has 0 aromatic carbocycles. The molecule has 0 bridgehead atoms. The fraction of sp³-hybridized carbons (Fsp3) is 0.850. The monoisotopic (exact) mass is 338 g/mol. The van der Waals surface area contributed by atoms with Crippen LogP contribution in [0.15, 0.2) is 18.7 Å². The first-order valence-corrected chi connectivity index (χ1v) is 10.0. The first-order chi connectivity index (χ1) is 11.9. The van der Waals surface area contributed by atoms with E-state index in [2.05, 4.69) is 23.4 Å². The van der Waals surface area contributed by atoms with Gasteiger partial charge in [-0.25, -0.2) is 4.98 Å². The van der Waals surface area contributed by atoms with E-state index >= 15 is 0 Å². The summed E-state index contributed by atoms with van der Waals surface area (Å²) in [6, 6.07) is 0. The smallest absolute Gasteiger partial charge is 0.0987 e. The second-order valence-corrected chi connectivity index (χ2v) is 6.66. The highest BCUT2D eigenvalue weighted by atomic mass is 16.5. The maximum absolute atomic E-state index is 6.08. The first kappa shape index (κ1) is 21.2. The Bertz CT molecular complexity index is 355. The molecule has 0 aliphatic heterocycles. The minimum Gasteiger partial charge on any atom is -0.379 e. The van der Waals surface area contributed by atoms with Crippen LogP contribution in [-0.4, -0.2) is 35.5 Å². The summed E-state index contributed by atoms with van der Waals surface area (Å²) < 4.78 is 14.0. The minimum absolute atomic E-state index is 0.126. The van der Waals surface area contributed by atoms with Crippen molar-refractivity contribution in [1.29, 1.82) is 0 Å². The third kappa shape index (κ3) is 11.6. The number of rotatable bonds is 17. The average Bonchev–Trinajstić information content (AvgIpc) is 3.10. The Kier molecular flexibility index (Phi) is 13.8. The highest BCUT2D eigenvalue weighted by Crippen LogP contribution is 2.07. The highest BCUT2D eigenvalue weighted by molar-refractivity contribution is 4.76. The van der Waals surface area contributed by atoms with Crippen molar-refractivity contribution in [2.24, 2.45) is 0 Å². The van der Waals surface area contributed by atoms with E-state index in [1.807, 2.05) is 18.7 Å². The van der Waals surface area contributed by atoms with Crippen molar-refractivity contribution in [3.8, 4) is 0 Å². The molecule has 140 valence electrons. The molecule has 1 atom stereocenters. The standard InChI is InChI=1S/C20H38N2O2/c1-3-5-7-9-10-12-16-24-20(17-22-14-13-21-19-22)18-23-15-11-8-6-4-2/h13-14,19-20H,3-12,15-18H2,1-2H3. The molecule has 1 aromatic heterocycles. The molecule has 0 amide bonds. The molecule has 24 heavy (non-hydrogen) atoms. The van der Waals surface area contributed by atoms with Crippen molar-refractivity contribution in [2.75, 3.05) is 19.8 Å². The number of nitrogens with zero attached hydrogens (tertiary/aromatic N) is 2. The van der Waals surface area contributed by atoms with Crippen LogP contribution in [0.5, 0.6) is 0 Å². The van der Waals surface area contributed by atoms with Crippen LogP contribution in [0.1, 0.15) is 78.1 Å². The van der Waals surface area contributed by atoms with Gasteiger partial charge in [-0.1, -0.05) is 65.2 Å². The van der Waals surface area contributed by atoms with E-state index < -0.39 is 0 Å². The molecule has 4 nitrogen and oxygen atoms in total. The molecule has 1 rings (SSSR count). The minimum atomic E-state index is 0.126. The van der Waals surface area contributed by atoms with Gasteiger partial charge < -0.3 is 14.0 Å². The number of hydrogen-bond acceptors (Lipinski definition) is 3. The lowest BCUT2D eigenvalue weighted by Gasteiger charge is -2.19. The van der Waals surface area contributed by atoms with Crippen LogP contribution in [0.2, 0.25) is 0 Å². The van der Waals surface area contributed by atoms with Crippen LogP contribution in [-0.2, 0) is 16.0 Å². The largest absolute Gasteiger partial charge is 0.379 e. The average molecular weight is 339 g/mol. The van der Waals surface area contributed by atoms with Crippen molar-refractivity contribution in [3.63, 3.8) is 0 Å². The van der Waals surface area contributed by atoms with Crippen LogP contribution in [0, 0.1) is 0 Å². The lowest BCUT2D eigenvalue weighted by molar-refractivity contribution is -0.0265. The molecular formula is C20H38N2O2. The van der Waals surface area contributed by atoms with Gasteiger partial charge in [0.2, 0.25) is 0 Å². The number of aromatic nitrogens is 2.